The minimum absolute atomic E-state index is 0.0727. The van der Waals surface area contributed by atoms with Crippen molar-refractivity contribution in [2.45, 2.75) is 32.9 Å². The summed E-state index contributed by atoms with van der Waals surface area (Å²) in [4.78, 5) is 19.6. The van der Waals surface area contributed by atoms with Gasteiger partial charge in [0.25, 0.3) is 0 Å². The van der Waals surface area contributed by atoms with Gasteiger partial charge in [0.2, 0.25) is 5.91 Å². The van der Waals surface area contributed by atoms with Crippen molar-refractivity contribution >= 4 is 23.2 Å². The van der Waals surface area contributed by atoms with Gasteiger partial charge in [-0.05, 0) is 38.5 Å². The Labute approximate surface area is 155 Å². The molecule has 1 aromatic carbocycles. The lowest BCUT2D eigenvalue weighted by molar-refractivity contribution is -0.135. The number of carbonyl (C=O) groups excluding carboxylic acids is 1. The number of rotatable bonds is 3. The van der Waals surface area contributed by atoms with Gasteiger partial charge in [0.15, 0.2) is 0 Å². The summed E-state index contributed by atoms with van der Waals surface area (Å²) in [6.07, 6.45) is 0. The maximum absolute atomic E-state index is 12.9. The molecule has 2 aliphatic rings. The molecule has 6 heteroatoms. The average molecular weight is 365 g/mol. The molecule has 0 aliphatic carbocycles. The third kappa shape index (κ3) is 4.27. The van der Waals surface area contributed by atoms with Crippen molar-refractivity contribution in [3.63, 3.8) is 0 Å². The third-order valence-electron chi connectivity index (χ3n) is 5.35. The van der Waals surface area contributed by atoms with Crippen LogP contribution in [0.5, 0.6) is 0 Å². The van der Waals surface area contributed by atoms with Crippen LogP contribution in [0.1, 0.15) is 19.4 Å². The largest absolute Gasteiger partial charge is 0.368 e. The Hall–Kier alpha value is -1.30. The van der Waals surface area contributed by atoms with Crippen LogP contribution in [0.15, 0.2) is 18.2 Å². The number of hydrogen-bond acceptors (Lipinski definition) is 4. The van der Waals surface area contributed by atoms with Gasteiger partial charge in [0.1, 0.15) is 0 Å². The summed E-state index contributed by atoms with van der Waals surface area (Å²) in [6.45, 7) is 12.4. The van der Waals surface area contributed by atoms with Crippen molar-refractivity contribution in [3.8, 4) is 0 Å². The SMILES string of the molecule is Cc1ccc(N2CCN(C(=O)[C@H]3CN(C(C)C)CCN3)CC2)cc1Cl. The number of hydrogen-bond donors (Lipinski definition) is 1. The van der Waals surface area contributed by atoms with E-state index in [0.29, 0.717) is 6.04 Å². The molecule has 2 fully saturated rings. The Balaban J connectivity index is 1.56. The minimum atomic E-state index is -0.0727. The van der Waals surface area contributed by atoms with Gasteiger partial charge in [-0.3, -0.25) is 9.69 Å². The predicted octanol–water partition coefficient (Wildman–Crippen LogP) is 1.98. The van der Waals surface area contributed by atoms with Crippen LogP contribution < -0.4 is 10.2 Å². The van der Waals surface area contributed by atoms with Crippen molar-refractivity contribution in [2.75, 3.05) is 50.7 Å². The van der Waals surface area contributed by atoms with Crippen LogP contribution in [0, 0.1) is 6.92 Å². The fourth-order valence-electron chi connectivity index (χ4n) is 3.59. The fourth-order valence-corrected chi connectivity index (χ4v) is 3.77. The van der Waals surface area contributed by atoms with E-state index in [4.69, 9.17) is 11.6 Å². The summed E-state index contributed by atoms with van der Waals surface area (Å²) < 4.78 is 0. The van der Waals surface area contributed by atoms with Gasteiger partial charge in [-0.1, -0.05) is 17.7 Å². The van der Waals surface area contributed by atoms with Crippen LogP contribution >= 0.6 is 11.6 Å². The zero-order valence-electron chi connectivity index (χ0n) is 15.5. The first kappa shape index (κ1) is 18.5. The van der Waals surface area contributed by atoms with E-state index in [1.807, 2.05) is 17.9 Å². The lowest BCUT2D eigenvalue weighted by atomic mass is 10.1. The molecule has 0 spiro atoms. The van der Waals surface area contributed by atoms with Gasteiger partial charge in [-0.2, -0.15) is 0 Å². The van der Waals surface area contributed by atoms with Crippen molar-refractivity contribution in [3.05, 3.63) is 28.8 Å². The Morgan fingerprint density at radius 3 is 2.56 bits per heavy atom. The fraction of sp³-hybridized carbons (Fsp3) is 0.632. The maximum atomic E-state index is 12.9. The molecule has 1 amide bonds. The lowest BCUT2D eigenvalue weighted by Crippen LogP contribution is -2.61. The number of benzene rings is 1. The Morgan fingerprint density at radius 2 is 1.92 bits per heavy atom. The Morgan fingerprint density at radius 1 is 1.20 bits per heavy atom. The van der Waals surface area contributed by atoms with Gasteiger partial charge in [-0.15, -0.1) is 0 Å². The second-order valence-electron chi connectivity index (χ2n) is 7.34. The van der Waals surface area contributed by atoms with Gasteiger partial charge < -0.3 is 15.1 Å². The quantitative estimate of drug-likeness (QED) is 0.890. The maximum Gasteiger partial charge on any atom is 0.241 e. The molecule has 0 bridgehead atoms. The molecule has 5 nitrogen and oxygen atoms in total. The molecular weight excluding hydrogens is 336 g/mol. The number of nitrogens with one attached hydrogen (secondary N) is 1. The summed E-state index contributed by atoms with van der Waals surface area (Å²) in [5.74, 6) is 0.243. The highest BCUT2D eigenvalue weighted by atomic mass is 35.5. The lowest BCUT2D eigenvalue weighted by Gasteiger charge is -2.41. The standard InChI is InChI=1S/C19H29ClN4O/c1-14(2)24-7-6-21-18(13-24)19(25)23-10-8-22(9-11-23)16-5-4-15(3)17(20)12-16/h4-5,12,14,18,21H,6-11,13H2,1-3H3/t18-/m1/s1. The summed E-state index contributed by atoms with van der Waals surface area (Å²) in [5.41, 5.74) is 2.24. The van der Waals surface area contributed by atoms with Crippen molar-refractivity contribution in [2.24, 2.45) is 0 Å². The second kappa shape index (κ2) is 7.94. The molecule has 0 aromatic heterocycles. The second-order valence-corrected chi connectivity index (χ2v) is 7.75. The van der Waals surface area contributed by atoms with Crippen LogP contribution in [0.4, 0.5) is 5.69 Å². The normalized spacial score (nSPS) is 22.5. The van der Waals surface area contributed by atoms with Crippen LogP contribution in [0.2, 0.25) is 5.02 Å². The molecule has 2 saturated heterocycles. The molecule has 1 atom stereocenters. The van der Waals surface area contributed by atoms with Gasteiger partial charge in [0, 0.05) is 62.6 Å². The van der Waals surface area contributed by atoms with E-state index in [1.54, 1.807) is 0 Å². The van der Waals surface area contributed by atoms with E-state index < -0.39 is 0 Å². The number of nitrogens with zero attached hydrogens (tertiary/aromatic N) is 3. The van der Waals surface area contributed by atoms with Crippen molar-refractivity contribution in [1.82, 2.24) is 15.1 Å². The third-order valence-corrected chi connectivity index (χ3v) is 5.75. The van der Waals surface area contributed by atoms with Gasteiger partial charge in [-0.25, -0.2) is 0 Å². The molecule has 3 rings (SSSR count). The van der Waals surface area contributed by atoms with Crippen LogP contribution in [-0.2, 0) is 4.79 Å². The number of carbonyl (C=O) groups is 1. The summed E-state index contributed by atoms with van der Waals surface area (Å²) in [5, 5.41) is 4.20. The molecule has 25 heavy (non-hydrogen) atoms. The highest BCUT2D eigenvalue weighted by molar-refractivity contribution is 6.31. The summed E-state index contributed by atoms with van der Waals surface area (Å²) in [6, 6.07) is 6.61. The Kier molecular flexibility index (Phi) is 5.87. The first-order valence-corrected chi connectivity index (χ1v) is 9.61. The van der Waals surface area contributed by atoms with Crippen LogP contribution in [0.3, 0.4) is 0 Å². The van der Waals surface area contributed by atoms with Gasteiger partial charge in [0.05, 0.1) is 6.04 Å². The molecule has 0 radical (unpaired) electrons. The van der Waals surface area contributed by atoms with E-state index in [2.05, 4.69) is 41.1 Å². The summed E-state index contributed by atoms with van der Waals surface area (Å²) in [7, 11) is 0. The number of aryl methyl sites for hydroxylation is 1. The monoisotopic (exact) mass is 364 g/mol. The van der Waals surface area contributed by atoms with Crippen molar-refractivity contribution < 1.29 is 4.79 Å². The molecule has 1 aromatic rings. The number of halogens is 1. The van der Waals surface area contributed by atoms with E-state index in [9.17, 15) is 4.79 Å². The smallest absolute Gasteiger partial charge is 0.241 e. The first-order chi connectivity index (χ1) is 12.0. The number of piperazine rings is 2. The molecule has 1 N–H and O–H groups in total. The van der Waals surface area contributed by atoms with E-state index >= 15 is 0 Å². The molecule has 0 saturated carbocycles. The average Bonchev–Trinajstić information content (AvgIpc) is 2.63. The molecular formula is C19H29ClN4O. The summed E-state index contributed by atoms with van der Waals surface area (Å²) >= 11 is 6.25. The zero-order chi connectivity index (χ0) is 18.0. The van der Waals surface area contributed by atoms with E-state index in [0.717, 1.165) is 62.1 Å². The van der Waals surface area contributed by atoms with Gasteiger partial charge >= 0.3 is 0 Å². The first-order valence-electron chi connectivity index (χ1n) is 9.23. The van der Waals surface area contributed by atoms with E-state index in [1.165, 1.54) is 0 Å². The molecule has 2 aliphatic heterocycles. The number of amides is 1. The zero-order valence-corrected chi connectivity index (χ0v) is 16.2. The van der Waals surface area contributed by atoms with Crippen molar-refractivity contribution in [1.29, 1.82) is 0 Å². The highest BCUT2D eigenvalue weighted by Gasteiger charge is 2.31. The Bertz CT molecular complexity index is 613. The molecule has 138 valence electrons. The highest BCUT2D eigenvalue weighted by Crippen LogP contribution is 2.24. The number of anilines is 1. The molecule has 2 heterocycles. The van der Waals surface area contributed by atoms with Crippen LogP contribution in [-0.4, -0.2) is 73.6 Å². The topological polar surface area (TPSA) is 38.8 Å². The van der Waals surface area contributed by atoms with E-state index in [-0.39, 0.29) is 11.9 Å². The minimum Gasteiger partial charge on any atom is -0.368 e. The van der Waals surface area contributed by atoms with Crippen LogP contribution in [0.25, 0.3) is 0 Å². The molecule has 0 unspecified atom stereocenters. The predicted molar refractivity (Wildman–Crippen MR) is 103 cm³/mol.